The molecule has 0 radical (unpaired) electrons. The summed E-state index contributed by atoms with van der Waals surface area (Å²) >= 11 is 0. The lowest BCUT2D eigenvalue weighted by Crippen LogP contribution is -2.53. The average Bonchev–Trinajstić information content (AvgIpc) is 2.89. The Hall–Kier alpha value is -0.530. The lowest BCUT2D eigenvalue weighted by atomic mass is 9.45. The lowest BCUT2D eigenvalue weighted by molar-refractivity contribution is -0.159. The number of rotatable bonds is 1. The van der Waals surface area contributed by atoms with E-state index in [9.17, 15) is 4.79 Å². The van der Waals surface area contributed by atoms with Gasteiger partial charge in [0.2, 0.25) is 0 Å². The standard InChI is InChI=1S/C21H34O2/c1-14(22)23-16-8-12-21(3)15(13-16)6-7-17-18-5-4-10-20(18,2)11-9-19(17)21/h15-19H,4-13H2,1-3H3. The van der Waals surface area contributed by atoms with Crippen molar-refractivity contribution >= 4 is 5.97 Å². The number of hydrogen-bond acceptors (Lipinski definition) is 2. The van der Waals surface area contributed by atoms with Gasteiger partial charge in [-0.2, -0.15) is 0 Å². The first-order valence-electron chi connectivity index (χ1n) is 10.1. The molecule has 0 bridgehead atoms. The molecule has 4 fully saturated rings. The quantitative estimate of drug-likeness (QED) is 0.609. The van der Waals surface area contributed by atoms with Gasteiger partial charge in [-0.3, -0.25) is 4.79 Å². The number of carbonyl (C=O) groups is 1. The average molecular weight is 319 g/mol. The molecule has 0 amide bonds. The third-order valence-corrected chi connectivity index (χ3v) is 8.73. The molecule has 4 aliphatic carbocycles. The number of fused-ring (bicyclic) bond motifs is 5. The molecule has 2 heteroatoms. The minimum atomic E-state index is -0.0910. The maximum Gasteiger partial charge on any atom is 0.302 e. The van der Waals surface area contributed by atoms with Crippen LogP contribution in [0.3, 0.4) is 0 Å². The minimum absolute atomic E-state index is 0.0910. The number of carbonyl (C=O) groups excluding carboxylic acids is 1. The van der Waals surface area contributed by atoms with Gasteiger partial charge in [-0.1, -0.05) is 20.3 Å². The molecule has 23 heavy (non-hydrogen) atoms. The van der Waals surface area contributed by atoms with Gasteiger partial charge in [0.25, 0.3) is 0 Å². The van der Waals surface area contributed by atoms with Crippen molar-refractivity contribution in [2.24, 2.45) is 34.5 Å². The molecule has 4 saturated carbocycles. The summed E-state index contributed by atoms with van der Waals surface area (Å²) in [6, 6.07) is 0. The Bertz CT molecular complexity index is 486. The molecule has 4 aliphatic rings. The lowest BCUT2D eigenvalue weighted by Gasteiger charge is -2.60. The fourth-order valence-electron chi connectivity index (χ4n) is 7.55. The van der Waals surface area contributed by atoms with Crippen LogP contribution in [-0.2, 0) is 9.53 Å². The first-order valence-corrected chi connectivity index (χ1v) is 10.1. The van der Waals surface area contributed by atoms with E-state index in [0.29, 0.717) is 10.8 Å². The zero-order chi connectivity index (χ0) is 16.2. The summed E-state index contributed by atoms with van der Waals surface area (Å²) in [5.74, 6) is 3.63. The van der Waals surface area contributed by atoms with E-state index in [2.05, 4.69) is 13.8 Å². The van der Waals surface area contributed by atoms with E-state index in [4.69, 9.17) is 4.74 Å². The van der Waals surface area contributed by atoms with Crippen molar-refractivity contribution in [3.05, 3.63) is 0 Å². The molecule has 4 rings (SSSR count). The third kappa shape index (κ3) is 2.46. The predicted molar refractivity (Wildman–Crippen MR) is 91.9 cm³/mol. The van der Waals surface area contributed by atoms with Gasteiger partial charge in [0.15, 0.2) is 0 Å². The van der Waals surface area contributed by atoms with E-state index >= 15 is 0 Å². The van der Waals surface area contributed by atoms with Crippen molar-refractivity contribution in [3.8, 4) is 0 Å². The van der Waals surface area contributed by atoms with Gasteiger partial charge in [0, 0.05) is 6.92 Å². The summed E-state index contributed by atoms with van der Waals surface area (Å²) in [5, 5.41) is 0. The molecule has 0 N–H and O–H groups in total. The first kappa shape index (κ1) is 16.0. The molecule has 0 spiro atoms. The maximum absolute atomic E-state index is 11.3. The summed E-state index contributed by atoms with van der Waals surface area (Å²) in [4.78, 5) is 11.3. The van der Waals surface area contributed by atoms with E-state index in [1.807, 2.05) is 0 Å². The summed E-state index contributed by atoms with van der Waals surface area (Å²) in [7, 11) is 0. The van der Waals surface area contributed by atoms with Crippen LogP contribution in [0.2, 0.25) is 0 Å². The van der Waals surface area contributed by atoms with Gasteiger partial charge in [-0.25, -0.2) is 0 Å². The van der Waals surface area contributed by atoms with Crippen LogP contribution in [0.1, 0.15) is 85.0 Å². The second-order valence-electron chi connectivity index (χ2n) is 9.75. The smallest absolute Gasteiger partial charge is 0.302 e. The van der Waals surface area contributed by atoms with E-state index in [1.54, 1.807) is 6.92 Å². The van der Waals surface area contributed by atoms with Crippen LogP contribution in [0.5, 0.6) is 0 Å². The van der Waals surface area contributed by atoms with Crippen molar-refractivity contribution < 1.29 is 9.53 Å². The minimum Gasteiger partial charge on any atom is -0.463 e. The van der Waals surface area contributed by atoms with Gasteiger partial charge < -0.3 is 4.74 Å². The molecule has 130 valence electrons. The van der Waals surface area contributed by atoms with Crippen molar-refractivity contribution in [3.63, 3.8) is 0 Å². The Balaban J connectivity index is 1.53. The van der Waals surface area contributed by atoms with E-state index in [-0.39, 0.29) is 12.1 Å². The molecule has 2 nitrogen and oxygen atoms in total. The second kappa shape index (κ2) is 5.49. The Kier molecular flexibility index (Phi) is 3.81. The Morgan fingerprint density at radius 1 is 0.957 bits per heavy atom. The van der Waals surface area contributed by atoms with E-state index in [1.165, 1.54) is 51.4 Å². The highest BCUT2D eigenvalue weighted by Gasteiger charge is 2.57. The number of esters is 1. The summed E-state index contributed by atoms with van der Waals surface area (Å²) in [6.07, 6.45) is 13.9. The van der Waals surface area contributed by atoms with Crippen LogP contribution in [0.15, 0.2) is 0 Å². The normalized spacial score (nSPS) is 52.2. The van der Waals surface area contributed by atoms with Crippen LogP contribution in [0.25, 0.3) is 0 Å². The van der Waals surface area contributed by atoms with Crippen LogP contribution < -0.4 is 0 Å². The van der Waals surface area contributed by atoms with Crippen molar-refractivity contribution in [1.82, 2.24) is 0 Å². The molecular weight excluding hydrogens is 284 g/mol. The summed E-state index contributed by atoms with van der Waals surface area (Å²) < 4.78 is 5.57. The topological polar surface area (TPSA) is 26.3 Å². The van der Waals surface area contributed by atoms with Gasteiger partial charge >= 0.3 is 5.97 Å². The Morgan fingerprint density at radius 2 is 1.78 bits per heavy atom. The second-order valence-corrected chi connectivity index (χ2v) is 9.75. The molecule has 7 unspecified atom stereocenters. The zero-order valence-electron chi connectivity index (χ0n) is 15.3. The fraction of sp³-hybridized carbons (Fsp3) is 0.952. The third-order valence-electron chi connectivity index (χ3n) is 8.73. The van der Waals surface area contributed by atoms with E-state index in [0.717, 1.165) is 36.5 Å². The summed E-state index contributed by atoms with van der Waals surface area (Å²) in [6.45, 7) is 6.75. The van der Waals surface area contributed by atoms with Crippen LogP contribution in [-0.4, -0.2) is 12.1 Å². The predicted octanol–water partition coefficient (Wildman–Crippen LogP) is 5.35. The highest BCUT2D eigenvalue weighted by atomic mass is 16.5. The van der Waals surface area contributed by atoms with Crippen molar-refractivity contribution in [1.29, 1.82) is 0 Å². The van der Waals surface area contributed by atoms with Crippen LogP contribution in [0.4, 0.5) is 0 Å². The molecule has 0 aromatic rings. The zero-order valence-corrected chi connectivity index (χ0v) is 15.3. The molecule has 0 aliphatic heterocycles. The monoisotopic (exact) mass is 318 g/mol. The first-order chi connectivity index (χ1) is 10.9. The molecule has 7 atom stereocenters. The van der Waals surface area contributed by atoms with Crippen LogP contribution in [0, 0.1) is 34.5 Å². The largest absolute Gasteiger partial charge is 0.463 e. The molecule has 0 heterocycles. The Morgan fingerprint density at radius 3 is 2.57 bits per heavy atom. The molecule has 0 aromatic heterocycles. The highest BCUT2D eigenvalue weighted by Crippen LogP contribution is 2.66. The number of hydrogen-bond donors (Lipinski definition) is 0. The van der Waals surface area contributed by atoms with Crippen molar-refractivity contribution in [2.45, 2.75) is 91.1 Å². The van der Waals surface area contributed by atoms with Gasteiger partial charge in [-0.15, -0.1) is 0 Å². The Labute approximate surface area is 141 Å². The molecule has 0 aromatic carbocycles. The highest BCUT2D eigenvalue weighted by molar-refractivity contribution is 5.66. The number of ether oxygens (including phenoxy) is 1. The van der Waals surface area contributed by atoms with Crippen molar-refractivity contribution in [2.75, 3.05) is 0 Å². The maximum atomic E-state index is 11.3. The summed E-state index contributed by atoms with van der Waals surface area (Å²) in [5.41, 5.74) is 1.18. The fourth-order valence-corrected chi connectivity index (χ4v) is 7.55. The van der Waals surface area contributed by atoms with Gasteiger partial charge in [0.05, 0.1) is 0 Å². The van der Waals surface area contributed by atoms with Crippen LogP contribution >= 0.6 is 0 Å². The molecular formula is C21H34O2. The van der Waals surface area contributed by atoms with Gasteiger partial charge in [-0.05, 0) is 92.3 Å². The SMILES string of the molecule is CC(=O)OC1CCC2(C)C(CCC3C4CCCC4(C)CCC32)C1. The molecule has 0 saturated heterocycles. The van der Waals surface area contributed by atoms with Gasteiger partial charge in [0.1, 0.15) is 6.10 Å². The van der Waals surface area contributed by atoms with E-state index < -0.39 is 0 Å².